The van der Waals surface area contributed by atoms with E-state index in [9.17, 15) is 14.4 Å². The molecular formula is C27H33NO6. The number of amides is 1. The van der Waals surface area contributed by atoms with Crippen LogP contribution in [-0.2, 0) is 19.0 Å². The molecule has 0 aromatic heterocycles. The van der Waals surface area contributed by atoms with Crippen LogP contribution in [0.5, 0.6) is 0 Å². The summed E-state index contributed by atoms with van der Waals surface area (Å²) in [4.78, 5) is 39.6. The molecule has 3 rings (SSSR count). The van der Waals surface area contributed by atoms with E-state index in [0.717, 1.165) is 11.1 Å². The van der Waals surface area contributed by atoms with E-state index in [-0.39, 0.29) is 13.0 Å². The first-order chi connectivity index (χ1) is 15.8. The Balaban J connectivity index is 1.71. The van der Waals surface area contributed by atoms with Crippen LogP contribution in [-0.4, -0.2) is 52.8 Å². The summed E-state index contributed by atoms with van der Waals surface area (Å²) in [6, 6.07) is 16.1. The Hall–Kier alpha value is -3.35. The largest absolute Gasteiger partial charge is 0.458 e. The summed E-state index contributed by atoms with van der Waals surface area (Å²) in [5, 5.41) is 0. The fourth-order valence-electron chi connectivity index (χ4n) is 3.65. The first kappa shape index (κ1) is 25.3. The lowest BCUT2D eigenvalue weighted by Crippen LogP contribution is -2.45. The van der Waals surface area contributed by atoms with Gasteiger partial charge in [0.05, 0.1) is 12.1 Å². The number of rotatable bonds is 4. The van der Waals surface area contributed by atoms with Crippen LogP contribution in [0.1, 0.15) is 58.3 Å². The minimum Gasteiger partial charge on any atom is -0.458 e. The van der Waals surface area contributed by atoms with E-state index in [1.54, 1.807) is 53.7 Å². The highest BCUT2D eigenvalue weighted by molar-refractivity contribution is 5.90. The maximum absolute atomic E-state index is 12.8. The number of likely N-dealkylation sites (tertiary alicyclic amines) is 1. The van der Waals surface area contributed by atoms with E-state index in [1.165, 1.54) is 4.90 Å². The predicted molar refractivity (Wildman–Crippen MR) is 128 cm³/mol. The van der Waals surface area contributed by atoms with Crippen molar-refractivity contribution < 1.29 is 28.6 Å². The van der Waals surface area contributed by atoms with E-state index in [2.05, 4.69) is 0 Å². The van der Waals surface area contributed by atoms with Crippen LogP contribution in [0.3, 0.4) is 0 Å². The molecule has 0 N–H and O–H groups in total. The summed E-state index contributed by atoms with van der Waals surface area (Å²) in [5.41, 5.74) is 0.978. The lowest BCUT2D eigenvalue weighted by Gasteiger charge is -2.29. The van der Waals surface area contributed by atoms with Gasteiger partial charge >= 0.3 is 18.0 Å². The number of carbonyl (C=O) groups is 3. The predicted octanol–water partition coefficient (Wildman–Crippen LogP) is 5.23. The second kappa shape index (κ2) is 9.87. The Bertz CT molecular complexity index is 982. The monoisotopic (exact) mass is 467 g/mol. The van der Waals surface area contributed by atoms with Gasteiger partial charge in [-0.1, -0.05) is 42.5 Å². The topological polar surface area (TPSA) is 82.1 Å². The van der Waals surface area contributed by atoms with Gasteiger partial charge in [0, 0.05) is 6.42 Å². The van der Waals surface area contributed by atoms with Gasteiger partial charge in [0.25, 0.3) is 0 Å². The van der Waals surface area contributed by atoms with Crippen molar-refractivity contribution in [3.05, 3.63) is 60.2 Å². The van der Waals surface area contributed by atoms with E-state index in [0.29, 0.717) is 5.56 Å². The molecular weight excluding hydrogens is 434 g/mol. The first-order valence-electron chi connectivity index (χ1n) is 11.4. The molecule has 7 nitrogen and oxygen atoms in total. The smallest absolute Gasteiger partial charge is 0.411 e. The summed E-state index contributed by atoms with van der Waals surface area (Å²) < 4.78 is 16.6. The molecule has 0 aliphatic carbocycles. The van der Waals surface area contributed by atoms with Gasteiger partial charge in [-0.25, -0.2) is 14.4 Å². The zero-order valence-electron chi connectivity index (χ0n) is 20.7. The fourth-order valence-corrected chi connectivity index (χ4v) is 3.65. The standard InChI is InChI=1S/C27H33NO6/c1-26(2,3)33-24(30)22-16-21(17-28(22)25(31)34-27(4,5)6)32-23(29)20-14-12-19(13-15-20)18-10-8-7-9-11-18/h7-15,21-22H,16-17H2,1-6H3/t21-,22-/m0/s1. The second-order valence-corrected chi connectivity index (χ2v) is 10.4. The van der Waals surface area contributed by atoms with Crippen molar-refractivity contribution in [1.82, 2.24) is 4.90 Å². The lowest BCUT2D eigenvalue weighted by molar-refractivity contribution is -0.160. The number of carbonyl (C=O) groups excluding carboxylic acids is 3. The third-order valence-electron chi connectivity index (χ3n) is 5.07. The number of nitrogens with zero attached hydrogens (tertiary/aromatic N) is 1. The quantitative estimate of drug-likeness (QED) is 0.452. The number of ether oxygens (including phenoxy) is 3. The minimum atomic E-state index is -0.896. The van der Waals surface area contributed by atoms with Crippen LogP contribution >= 0.6 is 0 Å². The number of esters is 2. The average Bonchev–Trinajstić information content (AvgIpc) is 3.16. The molecule has 34 heavy (non-hydrogen) atoms. The van der Waals surface area contributed by atoms with Gasteiger partial charge in [0.2, 0.25) is 0 Å². The maximum Gasteiger partial charge on any atom is 0.411 e. The van der Waals surface area contributed by atoms with Crippen LogP contribution in [0.4, 0.5) is 4.79 Å². The zero-order valence-corrected chi connectivity index (χ0v) is 20.7. The Labute approximate surface area is 201 Å². The number of hydrogen-bond donors (Lipinski definition) is 0. The SMILES string of the molecule is CC(C)(C)OC(=O)[C@@H]1C[C@H](OC(=O)c2ccc(-c3ccccc3)cc2)CN1C(=O)OC(C)(C)C. The molecule has 2 atom stereocenters. The van der Waals surface area contributed by atoms with Gasteiger partial charge in [0.15, 0.2) is 0 Å². The van der Waals surface area contributed by atoms with Crippen molar-refractivity contribution in [2.75, 3.05) is 6.54 Å². The van der Waals surface area contributed by atoms with Crippen molar-refractivity contribution in [2.45, 2.75) is 71.3 Å². The molecule has 1 heterocycles. The summed E-state index contributed by atoms with van der Waals surface area (Å²) >= 11 is 0. The van der Waals surface area contributed by atoms with Gasteiger partial charge in [-0.2, -0.15) is 0 Å². The van der Waals surface area contributed by atoms with E-state index in [4.69, 9.17) is 14.2 Å². The van der Waals surface area contributed by atoms with Gasteiger partial charge in [0.1, 0.15) is 23.3 Å². The van der Waals surface area contributed by atoms with Crippen molar-refractivity contribution in [2.24, 2.45) is 0 Å². The molecule has 1 aliphatic rings. The minimum absolute atomic E-state index is 0.0483. The number of hydrogen-bond acceptors (Lipinski definition) is 6. The summed E-state index contributed by atoms with van der Waals surface area (Å²) in [6.07, 6.45) is -1.16. The van der Waals surface area contributed by atoms with Gasteiger partial charge in [-0.15, -0.1) is 0 Å². The van der Waals surface area contributed by atoms with Crippen molar-refractivity contribution in [3.63, 3.8) is 0 Å². The zero-order chi connectivity index (χ0) is 25.1. The molecule has 2 aromatic rings. The molecule has 2 aromatic carbocycles. The molecule has 0 bridgehead atoms. The molecule has 1 fully saturated rings. The number of benzene rings is 2. The van der Waals surface area contributed by atoms with Crippen molar-refractivity contribution in [3.8, 4) is 11.1 Å². The van der Waals surface area contributed by atoms with Crippen LogP contribution in [0.15, 0.2) is 54.6 Å². The molecule has 0 unspecified atom stereocenters. The van der Waals surface area contributed by atoms with Crippen molar-refractivity contribution >= 4 is 18.0 Å². The highest BCUT2D eigenvalue weighted by Gasteiger charge is 2.45. The molecule has 0 saturated carbocycles. The van der Waals surface area contributed by atoms with E-state index in [1.807, 2.05) is 42.5 Å². The van der Waals surface area contributed by atoms with Gasteiger partial charge in [-0.05, 0) is 64.8 Å². The molecule has 0 spiro atoms. The molecule has 0 radical (unpaired) electrons. The molecule has 1 aliphatic heterocycles. The van der Waals surface area contributed by atoms with Crippen LogP contribution in [0.2, 0.25) is 0 Å². The maximum atomic E-state index is 12.8. The van der Waals surface area contributed by atoms with Crippen LogP contribution in [0.25, 0.3) is 11.1 Å². The third-order valence-corrected chi connectivity index (χ3v) is 5.07. The average molecular weight is 468 g/mol. The van der Waals surface area contributed by atoms with Gasteiger partial charge in [-0.3, -0.25) is 4.90 Å². The summed E-state index contributed by atoms with van der Waals surface area (Å²) in [5.74, 6) is -1.07. The van der Waals surface area contributed by atoms with Crippen molar-refractivity contribution in [1.29, 1.82) is 0 Å². The highest BCUT2D eigenvalue weighted by atomic mass is 16.6. The van der Waals surface area contributed by atoms with E-state index < -0.39 is 41.4 Å². The van der Waals surface area contributed by atoms with Gasteiger partial charge < -0.3 is 14.2 Å². The van der Waals surface area contributed by atoms with Crippen LogP contribution < -0.4 is 0 Å². The summed E-state index contributed by atoms with van der Waals surface area (Å²) in [6.45, 7) is 10.6. The molecule has 7 heteroatoms. The molecule has 182 valence electrons. The Kier molecular flexibility index (Phi) is 7.34. The highest BCUT2D eigenvalue weighted by Crippen LogP contribution is 2.27. The van der Waals surface area contributed by atoms with Crippen LogP contribution in [0, 0.1) is 0 Å². The Morgan fingerprint density at radius 2 is 1.35 bits per heavy atom. The normalized spacial score (nSPS) is 18.4. The summed E-state index contributed by atoms with van der Waals surface area (Å²) in [7, 11) is 0. The lowest BCUT2D eigenvalue weighted by atomic mass is 10.0. The fraction of sp³-hybridized carbons (Fsp3) is 0.444. The van der Waals surface area contributed by atoms with E-state index >= 15 is 0 Å². The third kappa shape index (κ3) is 6.83. The molecule has 1 amide bonds. The Morgan fingerprint density at radius 3 is 1.91 bits per heavy atom. The first-order valence-corrected chi connectivity index (χ1v) is 11.4. The second-order valence-electron chi connectivity index (χ2n) is 10.4. The molecule has 1 saturated heterocycles. The Morgan fingerprint density at radius 1 is 0.794 bits per heavy atom.